The summed E-state index contributed by atoms with van der Waals surface area (Å²) in [7, 11) is -2.34. The number of amides is 1. The van der Waals surface area contributed by atoms with E-state index in [2.05, 4.69) is 26.0 Å². The van der Waals surface area contributed by atoms with Gasteiger partial charge in [-0.25, -0.2) is 13.1 Å². The lowest BCUT2D eigenvalue weighted by Crippen LogP contribution is -2.34. The molecule has 0 aliphatic rings. The molecule has 2 N–H and O–H groups in total. The van der Waals surface area contributed by atoms with Crippen LogP contribution in [0.3, 0.4) is 0 Å². The van der Waals surface area contributed by atoms with Gasteiger partial charge in [0.05, 0.1) is 7.11 Å². The molecule has 0 unspecified atom stereocenters. The van der Waals surface area contributed by atoms with Crippen LogP contribution in [0, 0.1) is 0 Å². The molecule has 0 heterocycles. The van der Waals surface area contributed by atoms with Crippen molar-refractivity contribution in [2.24, 2.45) is 0 Å². The van der Waals surface area contributed by atoms with Crippen LogP contribution in [0.4, 0.5) is 0 Å². The van der Waals surface area contributed by atoms with Gasteiger partial charge in [0.15, 0.2) is 0 Å². The SMILES string of the molecule is COc1ccc(Br)cc1S(=O)(=O)NCCNC(=O)c1ccccc1. The Morgan fingerprint density at radius 1 is 1.12 bits per heavy atom. The minimum atomic E-state index is -3.74. The Balaban J connectivity index is 1.94. The number of nitrogens with one attached hydrogen (secondary N) is 2. The highest BCUT2D eigenvalue weighted by molar-refractivity contribution is 9.10. The normalized spacial score (nSPS) is 11.1. The second-order valence-electron chi connectivity index (χ2n) is 4.81. The van der Waals surface area contributed by atoms with Gasteiger partial charge >= 0.3 is 0 Å². The highest BCUT2D eigenvalue weighted by Gasteiger charge is 2.19. The van der Waals surface area contributed by atoms with E-state index in [1.54, 1.807) is 36.4 Å². The topological polar surface area (TPSA) is 84.5 Å². The molecule has 2 rings (SSSR count). The van der Waals surface area contributed by atoms with E-state index in [1.807, 2.05) is 6.07 Å². The molecule has 1 amide bonds. The highest BCUT2D eigenvalue weighted by atomic mass is 79.9. The van der Waals surface area contributed by atoms with Gasteiger partial charge in [-0.05, 0) is 30.3 Å². The molecule has 0 bridgehead atoms. The van der Waals surface area contributed by atoms with Crippen molar-refractivity contribution in [3.63, 3.8) is 0 Å². The lowest BCUT2D eigenvalue weighted by Gasteiger charge is -2.11. The number of rotatable bonds is 7. The summed E-state index contributed by atoms with van der Waals surface area (Å²) in [6.45, 7) is 0.236. The first-order valence-electron chi connectivity index (χ1n) is 7.10. The average molecular weight is 413 g/mol. The van der Waals surface area contributed by atoms with Gasteiger partial charge in [-0.3, -0.25) is 4.79 Å². The summed E-state index contributed by atoms with van der Waals surface area (Å²) in [6, 6.07) is 13.4. The molecule has 0 radical (unpaired) electrons. The standard InChI is InChI=1S/C16H17BrN2O4S/c1-23-14-8-7-13(17)11-15(14)24(21,22)19-10-9-18-16(20)12-5-3-2-4-6-12/h2-8,11,19H,9-10H2,1H3,(H,18,20). The summed E-state index contributed by atoms with van der Waals surface area (Å²) in [4.78, 5) is 11.9. The van der Waals surface area contributed by atoms with Crippen molar-refractivity contribution in [2.75, 3.05) is 20.2 Å². The van der Waals surface area contributed by atoms with E-state index < -0.39 is 10.0 Å². The molecule has 0 atom stereocenters. The van der Waals surface area contributed by atoms with Crippen molar-refractivity contribution < 1.29 is 17.9 Å². The molecule has 0 spiro atoms. The van der Waals surface area contributed by atoms with Gasteiger partial charge < -0.3 is 10.1 Å². The number of hydrogen-bond acceptors (Lipinski definition) is 4. The van der Waals surface area contributed by atoms with Crippen LogP contribution < -0.4 is 14.8 Å². The largest absolute Gasteiger partial charge is 0.495 e. The van der Waals surface area contributed by atoms with Crippen molar-refractivity contribution in [2.45, 2.75) is 4.90 Å². The average Bonchev–Trinajstić information content (AvgIpc) is 2.59. The molecule has 0 fully saturated rings. The van der Waals surface area contributed by atoms with Crippen LogP contribution in [-0.2, 0) is 10.0 Å². The first kappa shape index (κ1) is 18.4. The maximum Gasteiger partial charge on any atom is 0.251 e. The summed E-state index contributed by atoms with van der Waals surface area (Å²) < 4.78 is 32.9. The summed E-state index contributed by atoms with van der Waals surface area (Å²) in [5, 5.41) is 2.66. The molecule has 0 aromatic heterocycles. The van der Waals surface area contributed by atoms with E-state index in [-0.39, 0.29) is 29.6 Å². The van der Waals surface area contributed by atoms with E-state index in [9.17, 15) is 13.2 Å². The zero-order chi connectivity index (χ0) is 17.6. The van der Waals surface area contributed by atoms with Crippen LogP contribution >= 0.6 is 15.9 Å². The summed E-state index contributed by atoms with van der Waals surface area (Å²) in [5.74, 6) is -0.00569. The molecule has 0 aliphatic heterocycles. The lowest BCUT2D eigenvalue weighted by atomic mass is 10.2. The first-order chi connectivity index (χ1) is 11.4. The monoisotopic (exact) mass is 412 g/mol. The maximum absolute atomic E-state index is 12.4. The Morgan fingerprint density at radius 2 is 1.83 bits per heavy atom. The predicted octanol–water partition coefficient (Wildman–Crippen LogP) is 2.17. The van der Waals surface area contributed by atoms with Crippen LogP contribution in [0.25, 0.3) is 0 Å². The van der Waals surface area contributed by atoms with Gasteiger partial charge in [0.1, 0.15) is 10.6 Å². The molecular weight excluding hydrogens is 396 g/mol. The molecule has 2 aromatic carbocycles. The Labute approximate surface area is 149 Å². The molecule has 0 saturated heterocycles. The Hall–Kier alpha value is -1.90. The number of methoxy groups -OCH3 is 1. The van der Waals surface area contributed by atoms with Crippen molar-refractivity contribution in [1.29, 1.82) is 0 Å². The minimum absolute atomic E-state index is 0.0359. The molecule has 24 heavy (non-hydrogen) atoms. The summed E-state index contributed by atoms with van der Waals surface area (Å²) in [5.41, 5.74) is 0.522. The number of halogens is 1. The van der Waals surface area contributed by atoms with Gasteiger partial charge in [-0.15, -0.1) is 0 Å². The van der Waals surface area contributed by atoms with Crippen molar-refractivity contribution in [3.05, 3.63) is 58.6 Å². The van der Waals surface area contributed by atoms with Gasteiger partial charge in [0, 0.05) is 23.1 Å². The van der Waals surface area contributed by atoms with E-state index in [0.29, 0.717) is 10.0 Å². The second-order valence-corrected chi connectivity index (χ2v) is 7.47. The van der Waals surface area contributed by atoms with Crippen LogP contribution in [0.2, 0.25) is 0 Å². The number of hydrogen-bond donors (Lipinski definition) is 2. The molecule has 0 saturated carbocycles. The minimum Gasteiger partial charge on any atom is -0.495 e. The molecule has 8 heteroatoms. The van der Waals surface area contributed by atoms with Crippen LogP contribution in [0.15, 0.2) is 57.9 Å². The van der Waals surface area contributed by atoms with Gasteiger partial charge in [0.25, 0.3) is 5.91 Å². The summed E-state index contributed by atoms with van der Waals surface area (Å²) >= 11 is 3.24. The van der Waals surface area contributed by atoms with Crippen molar-refractivity contribution in [1.82, 2.24) is 10.0 Å². The quantitative estimate of drug-likeness (QED) is 0.682. The number of carbonyl (C=O) groups is 1. The van der Waals surface area contributed by atoms with Crippen LogP contribution in [0.5, 0.6) is 5.75 Å². The number of sulfonamides is 1. The fraction of sp³-hybridized carbons (Fsp3) is 0.188. The zero-order valence-corrected chi connectivity index (χ0v) is 15.4. The van der Waals surface area contributed by atoms with Crippen LogP contribution in [0.1, 0.15) is 10.4 Å². The van der Waals surface area contributed by atoms with Gasteiger partial charge in [-0.1, -0.05) is 34.1 Å². The van der Waals surface area contributed by atoms with E-state index in [1.165, 1.54) is 13.2 Å². The smallest absolute Gasteiger partial charge is 0.251 e. The number of ether oxygens (including phenoxy) is 1. The van der Waals surface area contributed by atoms with E-state index >= 15 is 0 Å². The van der Waals surface area contributed by atoms with Crippen molar-refractivity contribution >= 4 is 31.9 Å². The van der Waals surface area contributed by atoms with Crippen molar-refractivity contribution in [3.8, 4) is 5.75 Å². The maximum atomic E-state index is 12.4. The summed E-state index contributed by atoms with van der Waals surface area (Å²) in [6.07, 6.45) is 0. The fourth-order valence-corrected chi connectivity index (χ4v) is 3.73. The van der Waals surface area contributed by atoms with Crippen LogP contribution in [-0.4, -0.2) is 34.5 Å². The van der Waals surface area contributed by atoms with Gasteiger partial charge in [0.2, 0.25) is 10.0 Å². The Bertz CT molecular complexity index is 810. The third-order valence-corrected chi connectivity index (χ3v) is 5.13. The molecule has 6 nitrogen and oxygen atoms in total. The third-order valence-electron chi connectivity index (χ3n) is 3.15. The van der Waals surface area contributed by atoms with E-state index in [4.69, 9.17) is 4.74 Å². The van der Waals surface area contributed by atoms with Gasteiger partial charge in [-0.2, -0.15) is 0 Å². The fourth-order valence-electron chi connectivity index (χ4n) is 1.99. The number of benzene rings is 2. The second kappa shape index (κ2) is 8.27. The van der Waals surface area contributed by atoms with E-state index in [0.717, 1.165) is 0 Å². The predicted molar refractivity (Wildman–Crippen MR) is 94.7 cm³/mol. The molecule has 0 aliphatic carbocycles. The first-order valence-corrected chi connectivity index (χ1v) is 9.38. The molecular formula is C16H17BrN2O4S. The Kier molecular flexibility index (Phi) is 6.36. The highest BCUT2D eigenvalue weighted by Crippen LogP contribution is 2.26. The lowest BCUT2D eigenvalue weighted by molar-refractivity contribution is 0.0954. The molecule has 2 aromatic rings. The third kappa shape index (κ3) is 4.80. The zero-order valence-electron chi connectivity index (χ0n) is 13.0. The molecule has 128 valence electrons. The Morgan fingerprint density at radius 3 is 2.50 bits per heavy atom. The number of carbonyl (C=O) groups excluding carboxylic acids is 1.